The molecule has 0 aromatic carbocycles. The summed E-state index contributed by atoms with van der Waals surface area (Å²) >= 11 is 0. The highest BCUT2D eigenvalue weighted by Gasteiger charge is 1.97. The van der Waals surface area contributed by atoms with Gasteiger partial charge >= 0.3 is 5.97 Å². The second-order valence-electron chi connectivity index (χ2n) is 3.21. The largest absolute Gasteiger partial charge is 0.478 e. The molecule has 1 N–H and O–H groups in total. The third-order valence-corrected chi connectivity index (χ3v) is 1.89. The monoisotopic (exact) mass is 211 g/mol. The van der Waals surface area contributed by atoms with Gasteiger partial charge in [-0.2, -0.15) is 5.26 Å². The topological polar surface area (TPSA) is 70.3 Å². The lowest BCUT2D eigenvalue weighted by molar-refractivity contribution is -0.132. The van der Waals surface area contributed by atoms with Gasteiger partial charge in [0, 0.05) is 12.2 Å². The van der Waals surface area contributed by atoms with Gasteiger partial charge in [-0.15, -0.1) is 0 Å². The van der Waals surface area contributed by atoms with Crippen molar-refractivity contribution in [3.8, 4) is 6.07 Å². The quantitative estimate of drug-likeness (QED) is 0.493. The number of rotatable bonds is 8. The Kier molecular flexibility index (Phi) is 8.40. The number of unbranched alkanes of at least 4 members (excludes halogenated alkanes) is 2. The van der Waals surface area contributed by atoms with Crippen LogP contribution in [-0.4, -0.2) is 24.3 Å². The third kappa shape index (κ3) is 8.98. The summed E-state index contributed by atoms with van der Waals surface area (Å²) in [4.78, 5) is 10.4. The summed E-state index contributed by atoms with van der Waals surface area (Å²) in [6.45, 7) is 2.72. The fourth-order valence-corrected chi connectivity index (χ4v) is 0.974. The Labute approximate surface area is 90.2 Å². The van der Waals surface area contributed by atoms with Crippen LogP contribution in [0.5, 0.6) is 0 Å². The highest BCUT2D eigenvalue weighted by Crippen LogP contribution is 2.01. The molecule has 0 aliphatic heterocycles. The number of hydrogen-bond acceptors (Lipinski definition) is 3. The summed E-state index contributed by atoms with van der Waals surface area (Å²) < 4.78 is 5.17. The van der Waals surface area contributed by atoms with Crippen LogP contribution in [0.3, 0.4) is 0 Å². The van der Waals surface area contributed by atoms with Gasteiger partial charge in [-0.3, -0.25) is 0 Å². The van der Waals surface area contributed by atoms with Crippen molar-refractivity contribution < 1.29 is 14.6 Å². The van der Waals surface area contributed by atoms with Crippen molar-refractivity contribution in [1.82, 2.24) is 0 Å². The van der Waals surface area contributed by atoms with E-state index in [0.717, 1.165) is 19.3 Å². The van der Waals surface area contributed by atoms with Crippen LogP contribution in [0.4, 0.5) is 0 Å². The molecule has 0 aromatic heterocycles. The van der Waals surface area contributed by atoms with E-state index in [1.54, 1.807) is 13.0 Å². The number of carbonyl (C=O) groups is 1. The van der Waals surface area contributed by atoms with Crippen LogP contribution >= 0.6 is 0 Å². The average molecular weight is 211 g/mol. The number of ether oxygens (including phenoxy) is 1. The van der Waals surface area contributed by atoms with E-state index < -0.39 is 5.97 Å². The van der Waals surface area contributed by atoms with Crippen molar-refractivity contribution in [2.24, 2.45) is 0 Å². The number of carboxylic acids is 1. The van der Waals surface area contributed by atoms with Crippen molar-refractivity contribution in [2.75, 3.05) is 13.2 Å². The van der Waals surface area contributed by atoms with Gasteiger partial charge < -0.3 is 9.84 Å². The summed E-state index contributed by atoms with van der Waals surface area (Å²) in [5.74, 6) is -0.861. The van der Waals surface area contributed by atoms with Gasteiger partial charge in [0.05, 0.1) is 19.1 Å². The first kappa shape index (κ1) is 13.7. The molecule has 0 aromatic rings. The number of nitrogens with zero attached hydrogens (tertiary/aromatic N) is 1. The Morgan fingerprint density at radius 3 is 2.80 bits per heavy atom. The molecule has 0 atom stereocenters. The molecule has 0 fully saturated rings. The molecule has 0 unspecified atom stereocenters. The minimum atomic E-state index is -0.861. The van der Waals surface area contributed by atoms with Gasteiger partial charge in [-0.05, 0) is 26.2 Å². The van der Waals surface area contributed by atoms with Crippen molar-refractivity contribution >= 4 is 5.97 Å². The lowest BCUT2D eigenvalue weighted by Crippen LogP contribution is -1.97. The number of nitriles is 1. The van der Waals surface area contributed by atoms with Crippen molar-refractivity contribution in [3.63, 3.8) is 0 Å². The maximum Gasteiger partial charge on any atom is 0.330 e. The second-order valence-corrected chi connectivity index (χ2v) is 3.21. The predicted octanol–water partition coefficient (Wildman–Crippen LogP) is 2.12. The van der Waals surface area contributed by atoms with Gasteiger partial charge in [0.15, 0.2) is 0 Å². The standard InChI is InChI=1S/C11H17NO3/c1-10(11(13)14)6-3-2-4-8-15-9-5-7-12/h6H,2-5,8-9H2,1H3,(H,13,14). The molecule has 0 saturated carbocycles. The minimum absolute atomic E-state index is 0.389. The minimum Gasteiger partial charge on any atom is -0.478 e. The van der Waals surface area contributed by atoms with Crippen molar-refractivity contribution in [2.45, 2.75) is 32.6 Å². The molecule has 0 spiro atoms. The van der Waals surface area contributed by atoms with Gasteiger partial charge in [0.2, 0.25) is 0 Å². The molecule has 0 heterocycles. The predicted molar refractivity (Wildman–Crippen MR) is 56.3 cm³/mol. The lowest BCUT2D eigenvalue weighted by Gasteiger charge is -2.00. The first-order valence-corrected chi connectivity index (χ1v) is 5.03. The number of aliphatic carboxylic acids is 1. The molecule has 84 valence electrons. The zero-order valence-corrected chi connectivity index (χ0v) is 9.03. The molecule has 0 amide bonds. The normalized spacial score (nSPS) is 11.1. The molecule has 0 saturated heterocycles. The summed E-state index contributed by atoms with van der Waals surface area (Å²) in [6, 6.07) is 2.00. The van der Waals surface area contributed by atoms with E-state index in [4.69, 9.17) is 15.1 Å². The summed E-state index contributed by atoms with van der Waals surface area (Å²) in [5, 5.41) is 16.8. The smallest absolute Gasteiger partial charge is 0.330 e. The van der Waals surface area contributed by atoms with E-state index in [1.807, 2.05) is 6.07 Å². The maximum atomic E-state index is 10.4. The van der Waals surface area contributed by atoms with E-state index in [2.05, 4.69) is 0 Å². The van der Waals surface area contributed by atoms with E-state index in [-0.39, 0.29) is 0 Å². The zero-order chi connectivity index (χ0) is 11.5. The molecule has 15 heavy (non-hydrogen) atoms. The fraction of sp³-hybridized carbons (Fsp3) is 0.636. The Morgan fingerprint density at radius 2 is 2.20 bits per heavy atom. The highest BCUT2D eigenvalue weighted by atomic mass is 16.5. The number of allylic oxidation sites excluding steroid dienone is 1. The summed E-state index contributed by atoms with van der Waals surface area (Å²) in [6.07, 6.45) is 4.72. The fourth-order valence-electron chi connectivity index (χ4n) is 0.974. The molecule has 4 heteroatoms. The van der Waals surface area contributed by atoms with Crippen LogP contribution in [-0.2, 0) is 9.53 Å². The Balaban J connectivity index is 3.29. The Hall–Kier alpha value is -1.34. The average Bonchev–Trinajstić information content (AvgIpc) is 2.21. The van der Waals surface area contributed by atoms with Crippen LogP contribution in [0, 0.1) is 11.3 Å². The molecule has 0 radical (unpaired) electrons. The van der Waals surface area contributed by atoms with Crippen molar-refractivity contribution in [1.29, 1.82) is 5.26 Å². The molecule has 4 nitrogen and oxygen atoms in total. The van der Waals surface area contributed by atoms with Crippen LogP contribution in [0.15, 0.2) is 11.6 Å². The second kappa shape index (κ2) is 9.22. The zero-order valence-electron chi connectivity index (χ0n) is 9.03. The van der Waals surface area contributed by atoms with Crippen LogP contribution in [0.1, 0.15) is 32.6 Å². The first-order valence-electron chi connectivity index (χ1n) is 5.03. The van der Waals surface area contributed by atoms with Gasteiger partial charge in [0.25, 0.3) is 0 Å². The maximum absolute atomic E-state index is 10.4. The number of carboxylic acid groups (broad SMARTS) is 1. The van der Waals surface area contributed by atoms with Crippen LogP contribution in [0.25, 0.3) is 0 Å². The van der Waals surface area contributed by atoms with Crippen molar-refractivity contribution in [3.05, 3.63) is 11.6 Å². The van der Waals surface area contributed by atoms with E-state index in [9.17, 15) is 4.79 Å². The molecule has 0 aliphatic rings. The third-order valence-electron chi connectivity index (χ3n) is 1.89. The van der Waals surface area contributed by atoms with Gasteiger partial charge in [-0.25, -0.2) is 4.79 Å². The Morgan fingerprint density at radius 1 is 1.47 bits per heavy atom. The molecular weight excluding hydrogens is 194 g/mol. The van der Waals surface area contributed by atoms with Gasteiger partial charge in [-0.1, -0.05) is 6.08 Å². The van der Waals surface area contributed by atoms with Crippen LogP contribution < -0.4 is 0 Å². The molecule has 0 bridgehead atoms. The molecule has 0 aliphatic carbocycles. The van der Waals surface area contributed by atoms with E-state index >= 15 is 0 Å². The number of hydrogen-bond donors (Lipinski definition) is 1. The highest BCUT2D eigenvalue weighted by molar-refractivity contribution is 5.85. The SMILES string of the molecule is CC(=CCCCCOCCC#N)C(=O)O. The van der Waals surface area contributed by atoms with Crippen LogP contribution in [0.2, 0.25) is 0 Å². The lowest BCUT2D eigenvalue weighted by atomic mass is 10.2. The summed E-state index contributed by atoms with van der Waals surface area (Å²) in [7, 11) is 0. The summed E-state index contributed by atoms with van der Waals surface area (Å²) in [5.41, 5.74) is 0.389. The van der Waals surface area contributed by atoms with E-state index in [0.29, 0.717) is 25.2 Å². The van der Waals surface area contributed by atoms with E-state index in [1.165, 1.54) is 0 Å². The first-order chi connectivity index (χ1) is 7.18. The van der Waals surface area contributed by atoms with Gasteiger partial charge in [0.1, 0.15) is 0 Å². The molecular formula is C11H17NO3. The Bertz CT molecular complexity index is 253. The molecule has 0 rings (SSSR count).